The predicted molar refractivity (Wildman–Crippen MR) is 123 cm³/mol. The Kier molecular flexibility index (Phi) is 6.04. The van der Waals surface area contributed by atoms with Crippen LogP contribution in [-0.2, 0) is 16.1 Å². The number of hydrogen-bond acceptors (Lipinski definition) is 7. The fourth-order valence-corrected chi connectivity index (χ4v) is 4.16. The maximum atomic E-state index is 12.5. The first-order chi connectivity index (χ1) is 15.5. The highest BCUT2D eigenvalue weighted by Crippen LogP contribution is 2.35. The Morgan fingerprint density at radius 2 is 1.75 bits per heavy atom. The molecule has 1 heterocycles. The lowest BCUT2D eigenvalue weighted by molar-refractivity contribution is -0.115. The minimum atomic E-state index is -0.657. The summed E-state index contributed by atoms with van der Waals surface area (Å²) >= 11 is 1.25. The van der Waals surface area contributed by atoms with E-state index < -0.39 is 5.97 Å². The number of anilines is 2. The van der Waals surface area contributed by atoms with Crippen molar-refractivity contribution in [2.75, 3.05) is 12.0 Å². The average molecular weight is 449 g/mol. The molecule has 1 N–H and O–H groups in total. The third-order valence-corrected chi connectivity index (χ3v) is 5.68. The molecule has 8 heteroatoms. The zero-order chi connectivity index (χ0) is 22.7. The van der Waals surface area contributed by atoms with Gasteiger partial charge in [0.25, 0.3) is 0 Å². The lowest BCUT2D eigenvalue weighted by Gasteiger charge is -2.20. The number of nitrogens with zero attached hydrogens (tertiary/aromatic N) is 2. The summed E-state index contributed by atoms with van der Waals surface area (Å²) in [4.78, 5) is 30.8. The molecule has 32 heavy (non-hydrogen) atoms. The molecular weight excluding hydrogens is 428 g/mol. The van der Waals surface area contributed by atoms with Crippen LogP contribution in [0.1, 0.15) is 23.0 Å². The fourth-order valence-electron chi connectivity index (χ4n) is 3.30. The molecule has 1 aromatic heterocycles. The van der Waals surface area contributed by atoms with E-state index in [9.17, 15) is 14.7 Å². The summed E-state index contributed by atoms with van der Waals surface area (Å²) in [7, 11) is 1.53. The van der Waals surface area contributed by atoms with E-state index in [1.165, 1.54) is 36.3 Å². The van der Waals surface area contributed by atoms with Crippen LogP contribution in [0.3, 0.4) is 0 Å². The summed E-state index contributed by atoms with van der Waals surface area (Å²) in [6.45, 7) is 1.34. The predicted octanol–water partition coefficient (Wildman–Crippen LogP) is 5.05. The van der Waals surface area contributed by atoms with Gasteiger partial charge in [-0.1, -0.05) is 36.4 Å². The summed E-state index contributed by atoms with van der Waals surface area (Å²) in [5, 5.41) is 14.0. The van der Waals surface area contributed by atoms with Crippen molar-refractivity contribution in [3.05, 3.63) is 77.3 Å². The van der Waals surface area contributed by atoms with Crippen LogP contribution in [0.5, 0.6) is 11.5 Å². The molecule has 1 amide bonds. The summed E-state index contributed by atoms with van der Waals surface area (Å²) in [5.41, 5.74) is 1.14. The van der Waals surface area contributed by atoms with Gasteiger partial charge in [0, 0.05) is 12.3 Å². The average Bonchev–Trinajstić information content (AvgIpc) is 3.25. The largest absolute Gasteiger partial charge is 0.507 e. The molecule has 0 aliphatic rings. The Bertz CT molecular complexity index is 1300. The summed E-state index contributed by atoms with van der Waals surface area (Å²) in [6.07, 6.45) is 0. The molecule has 0 spiro atoms. The molecule has 0 radical (unpaired) electrons. The van der Waals surface area contributed by atoms with Gasteiger partial charge in [0.2, 0.25) is 5.91 Å². The first kappa shape index (κ1) is 21.3. The fraction of sp³-hybridized carbons (Fsp3) is 0.125. The summed E-state index contributed by atoms with van der Waals surface area (Å²) in [6, 6.07) is 17.7. The highest BCUT2D eigenvalue weighted by Gasteiger charge is 2.22. The van der Waals surface area contributed by atoms with Gasteiger partial charge >= 0.3 is 5.97 Å². The van der Waals surface area contributed by atoms with Gasteiger partial charge < -0.3 is 14.6 Å². The van der Waals surface area contributed by atoms with Gasteiger partial charge in [0.15, 0.2) is 5.13 Å². The Morgan fingerprint density at radius 1 is 1.06 bits per heavy atom. The number of aromatic hydroxyl groups is 1. The number of ether oxygens (including phenoxy) is 2. The van der Waals surface area contributed by atoms with Crippen LogP contribution in [-0.4, -0.2) is 29.1 Å². The maximum Gasteiger partial charge on any atom is 0.342 e. The number of benzene rings is 3. The Morgan fingerprint density at radius 3 is 2.47 bits per heavy atom. The SMILES string of the molecule is COc1ccccc1N(C(C)=O)c1nc(COC(=O)c2cc3ccccc3cc2O)cs1. The van der Waals surface area contributed by atoms with Crippen molar-refractivity contribution in [1.29, 1.82) is 0 Å². The van der Waals surface area contributed by atoms with E-state index in [0.29, 0.717) is 22.3 Å². The standard InChI is InChI=1S/C24H20N2O5S/c1-15(27)26(20-9-5-6-10-22(20)30-2)24-25-18(14-32-24)13-31-23(29)19-11-16-7-3-4-8-17(16)12-21(19)28/h3-12,14,28H,13H2,1-2H3. The third-order valence-electron chi connectivity index (χ3n) is 4.81. The van der Waals surface area contributed by atoms with Gasteiger partial charge in [-0.15, -0.1) is 11.3 Å². The number of rotatable bonds is 6. The molecule has 4 rings (SSSR count). The lowest BCUT2D eigenvalue weighted by atomic mass is 10.1. The molecule has 3 aromatic carbocycles. The van der Waals surface area contributed by atoms with Gasteiger partial charge in [-0.2, -0.15) is 0 Å². The van der Waals surface area contributed by atoms with Crippen LogP contribution in [0.4, 0.5) is 10.8 Å². The molecule has 162 valence electrons. The Balaban J connectivity index is 1.52. The molecule has 0 saturated heterocycles. The number of carbonyl (C=O) groups is 2. The molecule has 0 atom stereocenters. The minimum Gasteiger partial charge on any atom is -0.507 e. The van der Waals surface area contributed by atoms with E-state index in [-0.39, 0.29) is 23.8 Å². The van der Waals surface area contributed by atoms with Crippen LogP contribution < -0.4 is 9.64 Å². The quantitative estimate of drug-likeness (QED) is 0.415. The van der Waals surface area contributed by atoms with Gasteiger partial charge in [-0.3, -0.25) is 9.69 Å². The molecule has 0 fully saturated rings. The van der Waals surface area contributed by atoms with Gasteiger partial charge in [0.1, 0.15) is 23.7 Å². The van der Waals surface area contributed by atoms with E-state index in [0.717, 1.165) is 10.8 Å². The van der Waals surface area contributed by atoms with Crippen LogP contribution in [0, 0.1) is 0 Å². The Hall–Kier alpha value is -3.91. The lowest BCUT2D eigenvalue weighted by Crippen LogP contribution is -2.23. The highest BCUT2D eigenvalue weighted by atomic mass is 32.1. The molecule has 0 saturated carbocycles. The zero-order valence-electron chi connectivity index (χ0n) is 17.4. The monoisotopic (exact) mass is 448 g/mol. The van der Waals surface area contributed by atoms with Crippen molar-refractivity contribution >= 4 is 44.8 Å². The van der Waals surface area contributed by atoms with Crippen molar-refractivity contribution < 1.29 is 24.2 Å². The van der Waals surface area contributed by atoms with Crippen LogP contribution >= 0.6 is 11.3 Å². The zero-order valence-corrected chi connectivity index (χ0v) is 18.3. The van der Waals surface area contributed by atoms with Gasteiger partial charge in [-0.25, -0.2) is 9.78 Å². The second kappa shape index (κ2) is 9.07. The number of thiazole rings is 1. The van der Waals surface area contributed by atoms with Gasteiger partial charge in [-0.05, 0) is 35.0 Å². The molecule has 4 aromatic rings. The number of esters is 1. The Labute approximate surface area is 188 Å². The number of aromatic nitrogens is 1. The van der Waals surface area contributed by atoms with Gasteiger partial charge in [0.05, 0.1) is 18.5 Å². The number of phenolic OH excluding ortho intramolecular Hbond substituents is 1. The second-order valence-corrected chi connectivity index (χ2v) is 7.78. The first-order valence-electron chi connectivity index (χ1n) is 9.75. The van der Waals surface area contributed by atoms with E-state index in [4.69, 9.17) is 9.47 Å². The smallest absolute Gasteiger partial charge is 0.342 e. The molecule has 0 bridgehead atoms. The van der Waals surface area contributed by atoms with E-state index in [1.807, 2.05) is 30.3 Å². The van der Waals surface area contributed by atoms with Crippen molar-refractivity contribution in [3.63, 3.8) is 0 Å². The van der Waals surface area contributed by atoms with Crippen LogP contribution in [0.15, 0.2) is 66.0 Å². The number of fused-ring (bicyclic) bond motifs is 1. The summed E-state index contributed by atoms with van der Waals surface area (Å²) < 4.78 is 10.7. The van der Waals surface area contributed by atoms with E-state index >= 15 is 0 Å². The topological polar surface area (TPSA) is 89.0 Å². The van der Waals surface area contributed by atoms with Crippen LogP contribution in [0.25, 0.3) is 10.8 Å². The minimum absolute atomic E-state index is 0.0820. The molecule has 7 nitrogen and oxygen atoms in total. The maximum absolute atomic E-state index is 12.5. The number of phenols is 1. The van der Waals surface area contributed by atoms with Crippen molar-refractivity contribution in [3.8, 4) is 11.5 Å². The second-order valence-electron chi connectivity index (χ2n) is 6.94. The molecule has 0 unspecified atom stereocenters. The normalized spacial score (nSPS) is 10.7. The number of amides is 1. The molecular formula is C24H20N2O5S. The number of carbonyl (C=O) groups excluding carboxylic acids is 2. The third kappa shape index (κ3) is 4.26. The highest BCUT2D eigenvalue weighted by molar-refractivity contribution is 7.14. The number of hydrogen-bond donors (Lipinski definition) is 1. The number of para-hydroxylation sites is 2. The first-order valence-corrected chi connectivity index (χ1v) is 10.6. The van der Waals surface area contributed by atoms with Crippen molar-refractivity contribution in [1.82, 2.24) is 4.98 Å². The van der Waals surface area contributed by atoms with E-state index in [1.54, 1.807) is 29.6 Å². The molecule has 0 aliphatic carbocycles. The van der Waals surface area contributed by atoms with Crippen molar-refractivity contribution in [2.24, 2.45) is 0 Å². The van der Waals surface area contributed by atoms with Crippen LogP contribution in [0.2, 0.25) is 0 Å². The summed E-state index contributed by atoms with van der Waals surface area (Å²) in [5.74, 6) is -0.492. The number of methoxy groups -OCH3 is 1. The van der Waals surface area contributed by atoms with E-state index in [2.05, 4.69) is 4.98 Å². The van der Waals surface area contributed by atoms with Crippen molar-refractivity contribution in [2.45, 2.75) is 13.5 Å². The molecule has 0 aliphatic heterocycles.